The monoisotopic (exact) mass is 334 g/mol. The summed E-state index contributed by atoms with van der Waals surface area (Å²) >= 11 is 1.30. The number of thioether (sulfide) groups is 1. The van der Waals surface area contributed by atoms with Gasteiger partial charge in [0.1, 0.15) is 5.82 Å². The summed E-state index contributed by atoms with van der Waals surface area (Å²) in [6.45, 7) is 4.03. The summed E-state index contributed by atoms with van der Waals surface area (Å²) in [4.78, 5) is 23.4. The molecule has 0 saturated heterocycles. The topological polar surface area (TPSA) is 103 Å². The average molecular weight is 334 g/mol. The molecule has 122 valence electrons. The van der Waals surface area contributed by atoms with Crippen molar-refractivity contribution in [2.24, 2.45) is 10.7 Å². The van der Waals surface area contributed by atoms with Gasteiger partial charge < -0.3 is 20.2 Å². The van der Waals surface area contributed by atoms with E-state index in [1.807, 2.05) is 0 Å². The van der Waals surface area contributed by atoms with Crippen molar-refractivity contribution < 1.29 is 9.47 Å². The fraction of sp³-hybridized carbons (Fsp3) is 0.267. The van der Waals surface area contributed by atoms with E-state index in [2.05, 4.69) is 21.5 Å². The number of nitrogens with zero attached hydrogens (tertiary/aromatic N) is 2. The lowest BCUT2D eigenvalue weighted by Gasteiger charge is -2.09. The predicted molar refractivity (Wildman–Crippen MR) is 93.4 cm³/mol. The van der Waals surface area contributed by atoms with E-state index in [0.29, 0.717) is 45.7 Å². The number of hydrogen-bond acceptors (Lipinski definition) is 6. The van der Waals surface area contributed by atoms with E-state index >= 15 is 0 Å². The number of rotatable bonds is 6. The zero-order valence-corrected chi connectivity index (χ0v) is 13.8. The molecular weight excluding hydrogens is 316 g/mol. The molecule has 3 N–H and O–H groups in total. The fourth-order valence-electron chi connectivity index (χ4n) is 1.93. The van der Waals surface area contributed by atoms with Gasteiger partial charge in [-0.15, -0.1) is 6.58 Å². The molecule has 0 amide bonds. The summed E-state index contributed by atoms with van der Waals surface area (Å²) in [5.41, 5.74) is 6.04. The Kier molecular flexibility index (Phi) is 5.64. The molecule has 0 aliphatic carbocycles. The highest BCUT2D eigenvalue weighted by atomic mass is 32.2. The number of aromatic nitrogens is 2. The van der Waals surface area contributed by atoms with Crippen molar-refractivity contribution in [3.05, 3.63) is 41.0 Å². The summed E-state index contributed by atoms with van der Waals surface area (Å²) in [6, 6.07) is 3.28. The van der Waals surface area contributed by atoms with Crippen molar-refractivity contribution in [1.82, 2.24) is 9.97 Å². The number of methoxy groups -OCH3 is 2. The summed E-state index contributed by atoms with van der Waals surface area (Å²) in [6.07, 6.45) is 1.66. The van der Waals surface area contributed by atoms with E-state index in [4.69, 9.17) is 15.2 Å². The fourth-order valence-corrected chi connectivity index (χ4v) is 2.51. The Morgan fingerprint density at radius 2 is 2.13 bits per heavy atom. The first-order valence-corrected chi connectivity index (χ1v) is 7.76. The van der Waals surface area contributed by atoms with Crippen LogP contribution in [-0.4, -0.2) is 35.9 Å². The van der Waals surface area contributed by atoms with Crippen LogP contribution in [0.1, 0.15) is 5.82 Å². The van der Waals surface area contributed by atoms with Crippen molar-refractivity contribution in [1.29, 1.82) is 0 Å². The van der Waals surface area contributed by atoms with Gasteiger partial charge >= 0.3 is 0 Å². The van der Waals surface area contributed by atoms with Crippen LogP contribution in [-0.2, 0) is 5.75 Å². The molecule has 0 atom stereocenters. The highest BCUT2D eigenvalue weighted by molar-refractivity contribution is 8.13. The molecule has 1 aromatic heterocycles. The van der Waals surface area contributed by atoms with Crippen molar-refractivity contribution in [3.8, 4) is 11.5 Å². The first kappa shape index (κ1) is 16.9. The van der Waals surface area contributed by atoms with E-state index in [1.165, 1.54) is 26.0 Å². The van der Waals surface area contributed by atoms with Crippen LogP contribution in [0.3, 0.4) is 0 Å². The number of benzene rings is 1. The summed E-state index contributed by atoms with van der Waals surface area (Å²) < 4.78 is 10.4. The highest BCUT2D eigenvalue weighted by Gasteiger charge is 2.11. The van der Waals surface area contributed by atoms with Gasteiger partial charge in [-0.2, -0.15) is 0 Å². The van der Waals surface area contributed by atoms with Gasteiger partial charge in [0.2, 0.25) is 0 Å². The Morgan fingerprint density at radius 3 is 2.78 bits per heavy atom. The summed E-state index contributed by atoms with van der Waals surface area (Å²) in [5.74, 6) is 1.92. The number of aromatic amines is 1. The summed E-state index contributed by atoms with van der Waals surface area (Å²) in [5, 5.41) is 0.852. The lowest BCUT2D eigenvalue weighted by molar-refractivity contribution is 0.355. The van der Waals surface area contributed by atoms with Crippen LogP contribution in [0.25, 0.3) is 10.9 Å². The predicted octanol–water partition coefficient (Wildman–Crippen LogP) is 1.67. The maximum absolute atomic E-state index is 12.2. The van der Waals surface area contributed by atoms with Gasteiger partial charge in [0.05, 0.1) is 37.4 Å². The molecule has 0 unspecified atom stereocenters. The minimum absolute atomic E-state index is 0.242. The van der Waals surface area contributed by atoms with Crippen LogP contribution in [0.15, 0.2) is 34.6 Å². The van der Waals surface area contributed by atoms with E-state index < -0.39 is 0 Å². The van der Waals surface area contributed by atoms with Crippen LogP contribution in [0, 0.1) is 0 Å². The van der Waals surface area contributed by atoms with Gasteiger partial charge in [-0.25, -0.2) is 4.98 Å². The zero-order valence-electron chi connectivity index (χ0n) is 13.0. The lowest BCUT2D eigenvalue weighted by Crippen LogP contribution is -2.13. The first-order chi connectivity index (χ1) is 11.1. The number of amidine groups is 1. The van der Waals surface area contributed by atoms with Gasteiger partial charge in [-0.05, 0) is 6.07 Å². The van der Waals surface area contributed by atoms with E-state index in [0.717, 1.165) is 0 Å². The van der Waals surface area contributed by atoms with Gasteiger partial charge in [0, 0.05) is 6.07 Å². The molecule has 2 aromatic rings. The van der Waals surface area contributed by atoms with Crippen LogP contribution < -0.4 is 20.8 Å². The molecule has 0 aliphatic heterocycles. The van der Waals surface area contributed by atoms with Crippen molar-refractivity contribution in [2.75, 3.05) is 20.8 Å². The molecule has 0 fully saturated rings. The minimum atomic E-state index is -0.242. The molecule has 0 saturated carbocycles. The highest BCUT2D eigenvalue weighted by Crippen LogP contribution is 2.30. The van der Waals surface area contributed by atoms with Crippen LogP contribution >= 0.6 is 11.8 Å². The normalized spacial score (nSPS) is 11.5. The third kappa shape index (κ3) is 4.04. The number of fused-ring (bicyclic) bond motifs is 1. The number of aliphatic imine (C=N–C) groups is 1. The van der Waals surface area contributed by atoms with Crippen molar-refractivity contribution in [3.63, 3.8) is 0 Å². The molecule has 1 heterocycles. The van der Waals surface area contributed by atoms with Crippen molar-refractivity contribution in [2.45, 2.75) is 5.75 Å². The van der Waals surface area contributed by atoms with Gasteiger partial charge in [-0.3, -0.25) is 9.79 Å². The molecule has 23 heavy (non-hydrogen) atoms. The molecule has 2 rings (SSSR count). The van der Waals surface area contributed by atoms with Gasteiger partial charge in [-0.1, -0.05) is 17.8 Å². The zero-order chi connectivity index (χ0) is 16.8. The second-order valence-corrected chi connectivity index (χ2v) is 5.49. The Balaban J connectivity index is 2.33. The van der Waals surface area contributed by atoms with Crippen molar-refractivity contribution >= 4 is 27.8 Å². The summed E-state index contributed by atoms with van der Waals surface area (Å²) in [7, 11) is 3.05. The largest absolute Gasteiger partial charge is 0.493 e. The Morgan fingerprint density at radius 1 is 1.43 bits per heavy atom. The molecular formula is C15H18N4O3S. The van der Waals surface area contributed by atoms with Gasteiger partial charge in [0.25, 0.3) is 5.56 Å². The molecule has 7 nitrogen and oxygen atoms in total. The molecule has 0 aliphatic rings. The van der Waals surface area contributed by atoms with Crippen LogP contribution in [0.4, 0.5) is 0 Å². The van der Waals surface area contributed by atoms with E-state index in [9.17, 15) is 4.79 Å². The second-order valence-electron chi connectivity index (χ2n) is 4.49. The van der Waals surface area contributed by atoms with Crippen LogP contribution in [0.2, 0.25) is 0 Å². The maximum atomic E-state index is 12.2. The third-order valence-electron chi connectivity index (χ3n) is 2.99. The SMILES string of the molecule is C=CCN=C(N)SCc1nc2cc(OC)c(OC)cc2c(=O)[nH]1. The van der Waals surface area contributed by atoms with E-state index in [1.54, 1.807) is 18.2 Å². The number of nitrogens with one attached hydrogen (secondary N) is 1. The van der Waals surface area contributed by atoms with Crippen LogP contribution in [0.5, 0.6) is 11.5 Å². The second kappa shape index (κ2) is 7.68. The number of nitrogens with two attached hydrogens (primary N) is 1. The first-order valence-electron chi connectivity index (χ1n) is 6.77. The third-order valence-corrected chi connectivity index (χ3v) is 3.84. The molecule has 0 spiro atoms. The Bertz CT molecular complexity index is 801. The maximum Gasteiger partial charge on any atom is 0.258 e. The molecule has 1 aromatic carbocycles. The quantitative estimate of drug-likeness (QED) is 0.473. The average Bonchev–Trinajstić information content (AvgIpc) is 2.56. The smallest absolute Gasteiger partial charge is 0.258 e. The number of hydrogen-bond donors (Lipinski definition) is 2. The standard InChI is InChI=1S/C15H18N4O3S/c1-4-5-17-15(16)23-8-13-18-10-7-12(22-3)11(21-2)6-9(10)14(20)19-13/h4,6-7H,1,5,8H2,2-3H3,(H2,16,17)(H,18,19,20). The molecule has 8 heteroatoms. The van der Waals surface area contributed by atoms with E-state index in [-0.39, 0.29) is 5.56 Å². The number of ether oxygens (including phenoxy) is 2. The minimum Gasteiger partial charge on any atom is -0.493 e. The molecule has 0 bridgehead atoms. The number of H-pyrrole nitrogens is 1. The van der Waals surface area contributed by atoms with Gasteiger partial charge in [0.15, 0.2) is 16.7 Å². The lowest BCUT2D eigenvalue weighted by atomic mass is 10.2. The molecule has 0 radical (unpaired) electrons. The Labute approximate surface area is 137 Å². The Hall–Kier alpha value is -2.48.